The molecular weight excluding hydrogens is 451 g/mol. The zero-order valence-electron chi connectivity index (χ0n) is 13.9. The lowest BCUT2D eigenvalue weighted by atomic mass is 9.97. The second kappa shape index (κ2) is 6.62. The smallest absolute Gasteiger partial charge is 0.215 e. The zero-order valence-corrected chi connectivity index (χ0v) is 17.1. The zero-order chi connectivity index (χ0) is 18.5. The molecule has 0 unspecified atom stereocenters. The first-order chi connectivity index (χ1) is 13.1. The number of halogens is 3. The SMILES string of the molecule is Fc1ccc(Cl)c([C@@H]2Oc3ccc(Br)cc3[C@H]3CC(c4cccs4)=NN32)c1. The van der Waals surface area contributed by atoms with E-state index in [1.54, 1.807) is 17.4 Å². The van der Waals surface area contributed by atoms with Gasteiger partial charge >= 0.3 is 0 Å². The first kappa shape index (κ1) is 17.2. The van der Waals surface area contributed by atoms with E-state index in [1.807, 2.05) is 28.6 Å². The lowest BCUT2D eigenvalue weighted by molar-refractivity contribution is -0.0191. The molecule has 3 heterocycles. The summed E-state index contributed by atoms with van der Waals surface area (Å²) >= 11 is 11.6. The van der Waals surface area contributed by atoms with Crippen LogP contribution in [0.15, 0.2) is 63.5 Å². The first-order valence-electron chi connectivity index (χ1n) is 8.41. The van der Waals surface area contributed by atoms with Crippen LogP contribution in [0, 0.1) is 5.82 Å². The summed E-state index contributed by atoms with van der Waals surface area (Å²) in [7, 11) is 0. The van der Waals surface area contributed by atoms with Crippen LogP contribution in [0.5, 0.6) is 5.75 Å². The van der Waals surface area contributed by atoms with Crippen molar-refractivity contribution in [1.29, 1.82) is 0 Å². The highest BCUT2D eigenvalue weighted by molar-refractivity contribution is 9.10. The quantitative estimate of drug-likeness (QED) is 0.431. The number of hydrogen-bond donors (Lipinski definition) is 0. The fourth-order valence-electron chi connectivity index (χ4n) is 3.56. The predicted molar refractivity (Wildman–Crippen MR) is 109 cm³/mol. The Hall–Kier alpha value is -1.89. The number of hydrazone groups is 1. The van der Waals surface area contributed by atoms with Crippen LogP contribution in [-0.2, 0) is 0 Å². The summed E-state index contributed by atoms with van der Waals surface area (Å²) in [6, 6.07) is 14.3. The lowest BCUT2D eigenvalue weighted by Crippen LogP contribution is -2.34. The molecule has 136 valence electrons. The molecule has 0 spiro atoms. The Morgan fingerprint density at radius 3 is 2.89 bits per heavy atom. The highest BCUT2D eigenvalue weighted by Gasteiger charge is 2.42. The Morgan fingerprint density at radius 2 is 2.07 bits per heavy atom. The van der Waals surface area contributed by atoms with Gasteiger partial charge in [0.15, 0.2) is 0 Å². The Bertz CT molecular complexity index is 1060. The number of fused-ring (bicyclic) bond motifs is 3. The van der Waals surface area contributed by atoms with Crippen LogP contribution in [0.25, 0.3) is 0 Å². The Balaban J connectivity index is 1.65. The van der Waals surface area contributed by atoms with E-state index in [0.717, 1.165) is 32.8 Å². The van der Waals surface area contributed by atoms with Crippen LogP contribution in [0.4, 0.5) is 4.39 Å². The van der Waals surface area contributed by atoms with Crippen LogP contribution >= 0.6 is 38.9 Å². The van der Waals surface area contributed by atoms with Crippen LogP contribution in [0.2, 0.25) is 5.02 Å². The first-order valence-corrected chi connectivity index (χ1v) is 10.5. The molecule has 0 amide bonds. The molecule has 0 saturated heterocycles. The highest BCUT2D eigenvalue weighted by Crippen LogP contribution is 2.49. The second-order valence-electron chi connectivity index (χ2n) is 6.44. The van der Waals surface area contributed by atoms with E-state index < -0.39 is 6.23 Å². The predicted octanol–water partition coefficient (Wildman–Crippen LogP) is 6.55. The summed E-state index contributed by atoms with van der Waals surface area (Å²) in [5, 5.41) is 9.25. The van der Waals surface area contributed by atoms with Crippen LogP contribution < -0.4 is 4.74 Å². The number of nitrogens with zero attached hydrogens (tertiary/aromatic N) is 2. The van der Waals surface area contributed by atoms with Crippen LogP contribution in [-0.4, -0.2) is 10.7 Å². The average Bonchev–Trinajstić information content (AvgIpc) is 3.32. The van der Waals surface area contributed by atoms with Crippen molar-refractivity contribution < 1.29 is 9.13 Å². The molecule has 2 aromatic carbocycles. The van der Waals surface area contributed by atoms with Gasteiger partial charge in [0.2, 0.25) is 6.23 Å². The molecule has 5 rings (SSSR count). The van der Waals surface area contributed by atoms with Crippen molar-refractivity contribution in [3.8, 4) is 5.75 Å². The van der Waals surface area contributed by atoms with Crippen molar-refractivity contribution in [2.75, 3.05) is 0 Å². The minimum absolute atomic E-state index is 0.00711. The third-order valence-electron chi connectivity index (χ3n) is 4.78. The maximum absolute atomic E-state index is 13.9. The van der Waals surface area contributed by atoms with Gasteiger partial charge in [-0.15, -0.1) is 11.3 Å². The van der Waals surface area contributed by atoms with Gasteiger partial charge in [-0.05, 0) is 47.8 Å². The van der Waals surface area contributed by atoms with Gasteiger partial charge < -0.3 is 4.74 Å². The second-order valence-corrected chi connectivity index (χ2v) is 8.71. The lowest BCUT2D eigenvalue weighted by Gasteiger charge is -2.38. The molecule has 0 fully saturated rings. The van der Waals surface area contributed by atoms with E-state index in [2.05, 4.69) is 28.1 Å². The van der Waals surface area contributed by atoms with Gasteiger partial charge in [-0.2, -0.15) is 5.10 Å². The van der Waals surface area contributed by atoms with Crippen molar-refractivity contribution in [2.24, 2.45) is 5.10 Å². The number of ether oxygens (including phenoxy) is 1. The Labute approximate surface area is 173 Å². The molecule has 2 aliphatic rings. The summed E-state index contributed by atoms with van der Waals surface area (Å²) < 4.78 is 21.1. The molecule has 1 aromatic heterocycles. The Kier molecular flexibility index (Phi) is 4.22. The van der Waals surface area contributed by atoms with Crippen molar-refractivity contribution in [3.05, 3.63) is 85.2 Å². The largest absolute Gasteiger partial charge is 0.464 e. The van der Waals surface area contributed by atoms with Gasteiger partial charge in [0.05, 0.1) is 16.6 Å². The topological polar surface area (TPSA) is 24.8 Å². The van der Waals surface area contributed by atoms with Gasteiger partial charge in [-0.25, -0.2) is 9.40 Å². The van der Waals surface area contributed by atoms with E-state index in [9.17, 15) is 4.39 Å². The molecule has 0 saturated carbocycles. The van der Waals surface area contributed by atoms with Gasteiger partial charge in [0.25, 0.3) is 0 Å². The molecule has 27 heavy (non-hydrogen) atoms. The number of rotatable bonds is 2. The van der Waals surface area contributed by atoms with E-state index in [-0.39, 0.29) is 11.9 Å². The fraction of sp³-hybridized carbons (Fsp3) is 0.150. The normalized spacial score (nSPS) is 20.7. The maximum atomic E-state index is 13.9. The van der Waals surface area contributed by atoms with Crippen LogP contribution in [0.1, 0.15) is 34.7 Å². The van der Waals surface area contributed by atoms with Crippen LogP contribution in [0.3, 0.4) is 0 Å². The number of thiophene rings is 1. The van der Waals surface area contributed by atoms with Gasteiger partial charge in [0.1, 0.15) is 11.6 Å². The Morgan fingerprint density at radius 1 is 1.19 bits per heavy atom. The average molecular weight is 464 g/mol. The van der Waals surface area contributed by atoms with E-state index in [0.29, 0.717) is 10.6 Å². The van der Waals surface area contributed by atoms with E-state index in [4.69, 9.17) is 21.4 Å². The van der Waals surface area contributed by atoms with Crippen molar-refractivity contribution in [1.82, 2.24) is 5.01 Å². The van der Waals surface area contributed by atoms with Crippen molar-refractivity contribution >= 4 is 44.6 Å². The van der Waals surface area contributed by atoms with Gasteiger partial charge in [-0.3, -0.25) is 0 Å². The molecule has 3 nitrogen and oxygen atoms in total. The molecule has 0 aliphatic carbocycles. The summed E-state index contributed by atoms with van der Waals surface area (Å²) in [6.45, 7) is 0. The molecule has 0 bridgehead atoms. The molecule has 3 aromatic rings. The summed E-state index contributed by atoms with van der Waals surface area (Å²) in [4.78, 5) is 1.13. The van der Waals surface area contributed by atoms with Gasteiger partial charge in [-0.1, -0.05) is 33.6 Å². The minimum Gasteiger partial charge on any atom is -0.464 e. The monoisotopic (exact) mass is 462 g/mol. The third kappa shape index (κ3) is 2.96. The van der Waals surface area contributed by atoms with Gasteiger partial charge in [0, 0.05) is 27.0 Å². The number of benzene rings is 2. The fourth-order valence-corrected chi connectivity index (χ4v) is 4.87. The molecule has 7 heteroatoms. The molecule has 0 N–H and O–H groups in total. The van der Waals surface area contributed by atoms with E-state index >= 15 is 0 Å². The summed E-state index contributed by atoms with van der Waals surface area (Å²) in [6.07, 6.45) is 0.181. The minimum atomic E-state index is -0.579. The molecular formula is C20H13BrClFN2OS. The molecule has 2 aliphatic heterocycles. The van der Waals surface area contributed by atoms with Crippen molar-refractivity contribution in [3.63, 3.8) is 0 Å². The third-order valence-corrected chi connectivity index (χ3v) is 6.54. The van der Waals surface area contributed by atoms with Crippen molar-refractivity contribution in [2.45, 2.75) is 18.7 Å². The standard InChI is InChI=1S/C20H13BrClFN2OS/c21-11-3-6-18-14(8-11)17-10-16(19-2-1-7-27-19)24-25(17)20(26-18)13-9-12(23)4-5-15(13)22/h1-9,17,20H,10H2/t17-,20+/m1/s1. The number of hydrogen-bond acceptors (Lipinski definition) is 4. The maximum Gasteiger partial charge on any atom is 0.215 e. The molecule has 0 radical (unpaired) electrons. The summed E-state index contributed by atoms with van der Waals surface area (Å²) in [5.74, 6) is 0.421. The molecule has 2 atom stereocenters. The summed E-state index contributed by atoms with van der Waals surface area (Å²) in [5.41, 5.74) is 2.64. The highest BCUT2D eigenvalue weighted by atomic mass is 79.9. The van der Waals surface area contributed by atoms with E-state index in [1.165, 1.54) is 12.1 Å².